The Kier molecular flexibility index (Phi) is 7.02. The van der Waals surface area contributed by atoms with E-state index in [1.54, 1.807) is 18.4 Å². The van der Waals surface area contributed by atoms with E-state index in [2.05, 4.69) is 22.4 Å². The van der Waals surface area contributed by atoms with Gasteiger partial charge in [-0.1, -0.05) is 12.1 Å². The molecule has 1 saturated heterocycles. The highest BCUT2D eigenvalue weighted by Crippen LogP contribution is 2.41. The van der Waals surface area contributed by atoms with Gasteiger partial charge in [-0.2, -0.15) is 11.3 Å². The van der Waals surface area contributed by atoms with Crippen LogP contribution in [0, 0.1) is 0 Å². The average molecular weight is 421 g/mol. The summed E-state index contributed by atoms with van der Waals surface area (Å²) < 4.78 is 5.63. The number of hydrogen-bond donors (Lipinski definition) is 0. The van der Waals surface area contributed by atoms with Crippen molar-refractivity contribution in [1.29, 1.82) is 0 Å². The molecule has 1 aliphatic carbocycles. The van der Waals surface area contributed by atoms with E-state index in [4.69, 9.17) is 4.74 Å². The number of fused-ring (bicyclic) bond motifs is 1. The van der Waals surface area contributed by atoms with Crippen LogP contribution in [-0.2, 0) is 17.6 Å². The van der Waals surface area contributed by atoms with E-state index in [1.807, 2.05) is 29.5 Å². The Morgan fingerprint density at radius 2 is 2.07 bits per heavy atom. The second-order valence-corrected chi connectivity index (χ2v) is 8.42. The van der Waals surface area contributed by atoms with Crippen molar-refractivity contribution in [3.8, 4) is 5.75 Å². The van der Waals surface area contributed by atoms with Gasteiger partial charge >= 0.3 is 0 Å². The molecule has 0 saturated carbocycles. The highest BCUT2D eigenvalue weighted by Gasteiger charge is 2.39. The first kappa shape index (κ1) is 21.2. The molecule has 2 heterocycles. The first-order valence-electron chi connectivity index (χ1n) is 9.85. The molecule has 2 atom stereocenters. The molecule has 0 N–H and O–H groups in total. The number of likely N-dealkylation sites (tertiary alicyclic amines) is 1. The lowest BCUT2D eigenvalue weighted by atomic mass is 9.81. The topological polar surface area (TPSA) is 32.8 Å². The average Bonchev–Trinajstić information content (AvgIpc) is 3.40. The van der Waals surface area contributed by atoms with Crippen LogP contribution in [0.2, 0.25) is 0 Å². The summed E-state index contributed by atoms with van der Waals surface area (Å²) in [5.74, 6) is 1.15. The predicted octanol–water partition coefficient (Wildman–Crippen LogP) is 4.33. The molecule has 4 nitrogen and oxygen atoms in total. The first-order chi connectivity index (χ1) is 13.2. The first-order valence-corrected chi connectivity index (χ1v) is 10.8. The maximum atomic E-state index is 13.1. The van der Waals surface area contributed by atoms with E-state index in [9.17, 15) is 4.79 Å². The fraction of sp³-hybridized carbons (Fsp3) is 0.500. The van der Waals surface area contributed by atoms with Gasteiger partial charge in [-0.15, -0.1) is 12.4 Å². The molecule has 4 rings (SSSR count). The number of amides is 1. The van der Waals surface area contributed by atoms with Crippen molar-refractivity contribution in [2.24, 2.45) is 0 Å². The Bertz CT molecular complexity index is 790. The molecule has 0 radical (unpaired) electrons. The summed E-state index contributed by atoms with van der Waals surface area (Å²) in [5, 5.41) is 4.11. The summed E-state index contributed by atoms with van der Waals surface area (Å²) in [6, 6.07) is 8.83. The van der Waals surface area contributed by atoms with Gasteiger partial charge in [0.05, 0.1) is 19.6 Å². The smallest absolute Gasteiger partial charge is 0.227 e. The van der Waals surface area contributed by atoms with Crippen molar-refractivity contribution in [3.63, 3.8) is 0 Å². The standard InChI is InChI=1S/C22H28N2O2S.ClH/c1-23(21(25)14-16-10-13-27-15-16)22-18-6-5-7-20(26-2)17(18)8-9-19(22)24-11-3-4-12-24;/h5-7,10,13,15,19,22H,3-4,8-9,11-12,14H2,1-2H3;1H/t19-,22-;/m0./s1. The van der Waals surface area contributed by atoms with Crippen LogP contribution in [0.25, 0.3) is 0 Å². The molecule has 1 amide bonds. The SMILES string of the molecule is COc1cccc2c1CC[C@H](N1CCCC1)[C@H]2N(C)C(=O)Cc1ccsc1.Cl. The third-order valence-electron chi connectivity index (χ3n) is 6.12. The van der Waals surface area contributed by atoms with Crippen LogP contribution in [0.3, 0.4) is 0 Å². The molecule has 152 valence electrons. The second-order valence-electron chi connectivity index (χ2n) is 7.64. The zero-order valence-electron chi connectivity index (χ0n) is 16.6. The maximum absolute atomic E-state index is 13.1. The van der Waals surface area contributed by atoms with Gasteiger partial charge in [0, 0.05) is 13.1 Å². The molecule has 2 aliphatic rings. The summed E-state index contributed by atoms with van der Waals surface area (Å²) in [6.07, 6.45) is 5.10. The number of thiophene rings is 1. The number of ether oxygens (including phenoxy) is 1. The number of rotatable bonds is 5. The molecule has 28 heavy (non-hydrogen) atoms. The van der Waals surface area contributed by atoms with Crippen LogP contribution in [0.15, 0.2) is 35.0 Å². The van der Waals surface area contributed by atoms with Gasteiger partial charge in [0.25, 0.3) is 0 Å². The van der Waals surface area contributed by atoms with Crippen LogP contribution < -0.4 is 4.74 Å². The van der Waals surface area contributed by atoms with Gasteiger partial charge in [-0.3, -0.25) is 9.69 Å². The normalized spacial score (nSPS) is 21.6. The summed E-state index contributed by atoms with van der Waals surface area (Å²) in [4.78, 5) is 17.7. The molecular formula is C22H29ClN2O2S. The summed E-state index contributed by atoms with van der Waals surface area (Å²) in [5.41, 5.74) is 3.64. The number of halogens is 1. The van der Waals surface area contributed by atoms with E-state index in [0.29, 0.717) is 12.5 Å². The van der Waals surface area contributed by atoms with E-state index < -0.39 is 0 Å². The number of benzene rings is 1. The third-order valence-corrected chi connectivity index (χ3v) is 6.85. The highest BCUT2D eigenvalue weighted by atomic mass is 35.5. The van der Waals surface area contributed by atoms with Crippen LogP contribution in [0.4, 0.5) is 0 Å². The maximum Gasteiger partial charge on any atom is 0.227 e. The van der Waals surface area contributed by atoms with Crippen LogP contribution in [0.5, 0.6) is 5.75 Å². The highest BCUT2D eigenvalue weighted by molar-refractivity contribution is 7.08. The van der Waals surface area contributed by atoms with Crippen LogP contribution >= 0.6 is 23.7 Å². The van der Waals surface area contributed by atoms with Gasteiger partial charge in [-0.25, -0.2) is 0 Å². The molecule has 1 aromatic carbocycles. The van der Waals surface area contributed by atoms with Crippen molar-refractivity contribution in [3.05, 3.63) is 51.7 Å². The Labute approximate surface area is 177 Å². The lowest BCUT2D eigenvalue weighted by molar-refractivity contribution is -0.133. The van der Waals surface area contributed by atoms with Crippen molar-refractivity contribution in [2.45, 2.75) is 44.2 Å². The van der Waals surface area contributed by atoms with Gasteiger partial charge in [-0.05, 0) is 78.4 Å². The zero-order chi connectivity index (χ0) is 18.8. The number of carbonyl (C=O) groups excluding carboxylic acids is 1. The second kappa shape index (κ2) is 9.29. The monoisotopic (exact) mass is 420 g/mol. The molecule has 2 aromatic rings. The van der Waals surface area contributed by atoms with Gasteiger partial charge in [0.1, 0.15) is 5.75 Å². The van der Waals surface area contributed by atoms with Crippen molar-refractivity contribution < 1.29 is 9.53 Å². The summed E-state index contributed by atoms with van der Waals surface area (Å²) >= 11 is 1.65. The zero-order valence-corrected chi connectivity index (χ0v) is 18.2. The minimum Gasteiger partial charge on any atom is -0.496 e. The molecule has 0 spiro atoms. The fourth-order valence-corrected chi connectivity index (χ4v) is 5.41. The van der Waals surface area contributed by atoms with Crippen molar-refractivity contribution >= 4 is 29.7 Å². The van der Waals surface area contributed by atoms with Crippen molar-refractivity contribution in [2.75, 3.05) is 27.2 Å². The fourth-order valence-electron chi connectivity index (χ4n) is 4.75. The number of likely N-dealkylation sites (N-methyl/N-ethyl adjacent to an activating group) is 1. The molecule has 1 aliphatic heterocycles. The van der Waals surface area contributed by atoms with E-state index in [1.165, 1.54) is 24.0 Å². The summed E-state index contributed by atoms with van der Waals surface area (Å²) in [7, 11) is 3.72. The Balaban J connectivity index is 0.00000225. The quantitative estimate of drug-likeness (QED) is 0.721. The summed E-state index contributed by atoms with van der Waals surface area (Å²) in [6.45, 7) is 2.29. The minimum atomic E-state index is 0. The lowest BCUT2D eigenvalue weighted by Gasteiger charge is -2.43. The number of hydrogen-bond acceptors (Lipinski definition) is 4. The number of carbonyl (C=O) groups is 1. The Morgan fingerprint density at radius 1 is 1.29 bits per heavy atom. The molecular weight excluding hydrogens is 392 g/mol. The lowest BCUT2D eigenvalue weighted by Crippen LogP contribution is -2.48. The predicted molar refractivity (Wildman–Crippen MR) is 117 cm³/mol. The molecule has 0 unspecified atom stereocenters. The Hall–Kier alpha value is -1.56. The van der Waals surface area contributed by atoms with Crippen LogP contribution in [-0.4, -0.2) is 49.0 Å². The van der Waals surface area contributed by atoms with Gasteiger partial charge in [0.2, 0.25) is 5.91 Å². The minimum absolute atomic E-state index is 0. The van der Waals surface area contributed by atoms with E-state index in [0.717, 1.165) is 37.2 Å². The van der Waals surface area contributed by atoms with Crippen molar-refractivity contribution in [1.82, 2.24) is 9.80 Å². The molecule has 1 aromatic heterocycles. The van der Waals surface area contributed by atoms with E-state index in [-0.39, 0.29) is 24.4 Å². The number of nitrogens with zero attached hydrogens (tertiary/aromatic N) is 2. The molecule has 1 fully saturated rings. The third kappa shape index (κ3) is 4.07. The van der Waals surface area contributed by atoms with Crippen LogP contribution in [0.1, 0.15) is 42.0 Å². The molecule has 6 heteroatoms. The van der Waals surface area contributed by atoms with E-state index >= 15 is 0 Å². The Morgan fingerprint density at radius 3 is 2.75 bits per heavy atom. The van der Waals surface area contributed by atoms with Gasteiger partial charge < -0.3 is 9.64 Å². The molecule has 0 bridgehead atoms. The van der Waals surface area contributed by atoms with Gasteiger partial charge in [0.15, 0.2) is 0 Å². The largest absolute Gasteiger partial charge is 0.496 e. The number of methoxy groups -OCH3 is 1.